The zero-order chi connectivity index (χ0) is 11.4. The molecule has 0 aromatic rings. The van der Waals surface area contributed by atoms with E-state index in [1.54, 1.807) is 6.92 Å². The topological polar surface area (TPSA) is 69.4 Å². The van der Waals surface area contributed by atoms with E-state index in [0.29, 0.717) is 6.42 Å². The van der Waals surface area contributed by atoms with Crippen molar-refractivity contribution in [3.63, 3.8) is 0 Å². The van der Waals surface area contributed by atoms with Gasteiger partial charge in [0.25, 0.3) is 5.54 Å². The number of rotatable bonds is 5. The van der Waals surface area contributed by atoms with Gasteiger partial charge in [0.05, 0.1) is 0 Å². The van der Waals surface area contributed by atoms with Crippen LogP contribution in [-0.4, -0.2) is 23.0 Å². The minimum atomic E-state index is -1.20. The maximum absolute atomic E-state index is 11.0. The van der Waals surface area contributed by atoms with Gasteiger partial charge in [0.2, 0.25) is 0 Å². The SMILES string of the molecule is C=C(C)C(=O)OCC(C)(CC)[N+](=O)[O-]. The maximum Gasteiger partial charge on any atom is 0.333 e. The average molecular weight is 201 g/mol. The Labute approximate surface area is 82.9 Å². The quantitative estimate of drug-likeness (QED) is 0.293. The van der Waals surface area contributed by atoms with E-state index in [-0.39, 0.29) is 12.2 Å². The van der Waals surface area contributed by atoms with E-state index in [1.165, 1.54) is 13.8 Å². The number of carbonyl (C=O) groups excluding carboxylic acids is 1. The molecule has 0 radical (unpaired) electrons. The predicted molar refractivity (Wildman–Crippen MR) is 51.5 cm³/mol. The molecule has 0 aliphatic carbocycles. The van der Waals surface area contributed by atoms with E-state index in [1.807, 2.05) is 0 Å². The summed E-state index contributed by atoms with van der Waals surface area (Å²) in [5.74, 6) is -0.591. The number of esters is 1. The lowest BCUT2D eigenvalue weighted by molar-refractivity contribution is -0.568. The molecule has 0 heterocycles. The van der Waals surface area contributed by atoms with Gasteiger partial charge in [-0.3, -0.25) is 10.1 Å². The first-order chi connectivity index (χ1) is 6.33. The van der Waals surface area contributed by atoms with E-state index in [2.05, 4.69) is 6.58 Å². The van der Waals surface area contributed by atoms with Crippen molar-refractivity contribution < 1.29 is 14.5 Å². The van der Waals surface area contributed by atoms with Gasteiger partial charge in [0, 0.05) is 23.8 Å². The Hall–Kier alpha value is -1.39. The van der Waals surface area contributed by atoms with Crippen molar-refractivity contribution in [2.24, 2.45) is 0 Å². The molecular formula is C9H15NO4. The molecule has 5 heteroatoms. The van der Waals surface area contributed by atoms with Crippen molar-refractivity contribution in [1.82, 2.24) is 0 Å². The molecule has 0 aliphatic heterocycles. The van der Waals surface area contributed by atoms with Gasteiger partial charge in [-0.05, 0) is 6.92 Å². The molecule has 0 aromatic carbocycles. The van der Waals surface area contributed by atoms with Gasteiger partial charge in [-0.15, -0.1) is 0 Å². The van der Waals surface area contributed by atoms with E-state index >= 15 is 0 Å². The van der Waals surface area contributed by atoms with Crippen LogP contribution >= 0.6 is 0 Å². The lowest BCUT2D eigenvalue weighted by Gasteiger charge is -2.18. The third-order valence-electron chi connectivity index (χ3n) is 2.07. The fraction of sp³-hybridized carbons (Fsp3) is 0.667. The van der Waals surface area contributed by atoms with Crippen molar-refractivity contribution in [1.29, 1.82) is 0 Å². The zero-order valence-electron chi connectivity index (χ0n) is 8.70. The number of nitrogens with zero attached hydrogens (tertiary/aromatic N) is 1. The molecule has 80 valence electrons. The summed E-state index contributed by atoms with van der Waals surface area (Å²) >= 11 is 0. The molecule has 0 saturated heterocycles. The summed E-state index contributed by atoms with van der Waals surface area (Å²) in [5, 5.41) is 10.6. The van der Waals surface area contributed by atoms with Crippen LogP contribution in [0.3, 0.4) is 0 Å². The smallest absolute Gasteiger partial charge is 0.333 e. The minimum absolute atomic E-state index is 0.220. The summed E-state index contributed by atoms with van der Waals surface area (Å²) in [5.41, 5.74) is -0.961. The fourth-order valence-corrected chi connectivity index (χ4v) is 0.628. The molecule has 0 N–H and O–H groups in total. The van der Waals surface area contributed by atoms with Crippen molar-refractivity contribution in [3.05, 3.63) is 22.3 Å². The zero-order valence-corrected chi connectivity index (χ0v) is 8.70. The minimum Gasteiger partial charge on any atom is -0.455 e. The second-order valence-corrected chi connectivity index (χ2v) is 3.46. The van der Waals surface area contributed by atoms with Gasteiger partial charge in [0.15, 0.2) is 6.61 Å². The van der Waals surface area contributed by atoms with E-state index < -0.39 is 16.4 Å². The van der Waals surface area contributed by atoms with E-state index in [0.717, 1.165) is 0 Å². The summed E-state index contributed by atoms with van der Waals surface area (Å²) in [7, 11) is 0. The lowest BCUT2D eigenvalue weighted by atomic mass is 10.0. The highest BCUT2D eigenvalue weighted by Crippen LogP contribution is 2.14. The highest BCUT2D eigenvalue weighted by atomic mass is 16.6. The summed E-state index contributed by atoms with van der Waals surface area (Å²) in [6.45, 7) is 7.78. The molecular weight excluding hydrogens is 186 g/mol. The molecule has 0 bridgehead atoms. The highest BCUT2D eigenvalue weighted by molar-refractivity contribution is 5.86. The average Bonchev–Trinajstić information content (AvgIpc) is 2.12. The Morgan fingerprint density at radius 1 is 1.64 bits per heavy atom. The largest absolute Gasteiger partial charge is 0.455 e. The Balaban J connectivity index is 4.29. The molecule has 14 heavy (non-hydrogen) atoms. The van der Waals surface area contributed by atoms with Crippen molar-refractivity contribution >= 4 is 5.97 Å². The van der Waals surface area contributed by atoms with Crippen LogP contribution in [0.2, 0.25) is 0 Å². The Morgan fingerprint density at radius 3 is 2.43 bits per heavy atom. The van der Waals surface area contributed by atoms with Crippen molar-refractivity contribution in [2.75, 3.05) is 6.61 Å². The number of hydrogen-bond acceptors (Lipinski definition) is 4. The van der Waals surface area contributed by atoms with Crippen LogP contribution in [-0.2, 0) is 9.53 Å². The number of carbonyl (C=O) groups is 1. The molecule has 1 unspecified atom stereocenters. The van der Waals surface area contributed by atoms with Gasteiger partial charge < -0.3 is 4.74 Å². The van der Waals surface area contributed by atoms with Crippen LogP contribution in [0.25, 0.3) is 0 Å². The monoisotopic (exact) mass is 201 g/mol. The predicted octanol–water partition coefficient (Wildman–Crippen LogP) is 1.55. The first kappa shape index (κ1) is 12.6. The van der Waals surface area contributed by atoms with Gasteiger partial charge in [-0.25, -0.2) is 4.79 Å². The van der Waals surface area contributed by atoms with Crippen LogP contribution < -0.4 is 0 Å². The number of ether oxygens (including phenoxy) is 1. The Morgan fingerprint density at radius 2 is 2.14 bits per heavy atom. The maximum atomic E-state index is 11.0. The molecule has 0 spiro atoms. The van der Waals surface area contributed by atoms with Crippen molar-refractivity contribution in [3.8, 4) is 0 Å². The molecule has 0 aromatic heterocycles. The molecule has 0 fully saturated rings. The summed E-state index contributed by atoms with van der Waals surface area (Å²) < 4.78 is 4.74. The number of nitro groups is 1. The standard InChI is InChI=1S/C9H15NO4/c1-5-9(4,10(12)13)6-14-8(11)7(2)3/h2,5-6H2,1,3-4H3. The summed E-state index contributed by atoms with van der Waals surface area (Å²) in [6.07, 6.45) is 0.309. The molecule has 0 rings (SSSR count). The fourth-order valence-electron chi connectivity index (χ4n) is 0.628. The molecule has 0 amide bonds. The highest BCUT2D eigenvalue weighted by Gasteiger charge is 2.36. The van der Waals surface area contributed by atoms with Crippen LogP contribution in [0.5, 0.6) is 0 Å². The van der Waals surface area contributed by atoms with Gasteiger partial charge in [0.1, 0.15) is 0 Å². The second-order valence-electron chi connectivity index (χ2n) is 3.46. The van der Waals surface area contributed by atoms with Gasteiger partial charge in [-0.1, -0.05) is 13.5 Å². The van der Waals surface area contributed by atoms with Gasteiger partial charge in [-0.2, -0.15) is 0 Å². The number of hydrogen-bond donors (Lipinski definition) is 0. The van der Waals surface area contributed by atoms with E-state index in [4.69, 9.17) is 4.74 Å². The Bertz CT molecular complexity index is 262. The lowest BCUT2D eigenvalue weighted by Crippen LogP contribution is -2.39. The van der Waals surface area contributed by atoms with Gasteiger partial charge >= 0.3 is 5.97 Å². The summed E-state index contributed by atoms with van der Waals surface area (Å²) in [4.78, 5) is 21.2. The van der Waals surface area contributed by atoms with Crippen LogP contribution in [0.4, 0.5) is 0 Å². The molecule has 5 nitrogen and oxygen atoms in total. The molecule has 1 atom stereocenters. The van der Waals surface area contributed by atoms with Crippen LogP contribution in [0.15, 0.2) is 12.2 Å². The molecule has 0 aliphatic rings. The normalized spacial score (nSPS) is 14.2. The summed E-state index contributed by atoms with van der Waals surface area (Å²) in [6, 6.07) is 0. The second kappa shape index (κ2) is 4.74. The first-order valence-corrected chi connectivity index (χ1v) is 4.30. The van der Waals surface area contributed by atoms with Crippen LogP contribution in [0.1, 0.15) is 27.2 Å². The van der Waals surface area contributed by atoms with E-state index in [9.17, 15) is 14.9 Å². The third-order valence-corrected chi connectivity index (χ3v) is 2.07. The Kier molecular flexibility index (Phi) is 4.27. The van der Waals surface area contributed by atoms with Crippen molar-refractivity contribution in [2.45, 2.75) is 32.7 Å². The third kappa shape index (κ3) is 3.16. The van der Waals surface area contributed by atoms with Crippen LogP contribution in [0, 0.1) is 10.1 Å². The molecule has 0 saturated carbocycles. The first-order valence-electron chi connectivity index (χ1n) is 4.30.